The molecule has 0 N–H and O–H groups in total. The number of carbonyl (C=O) groups is 2. The van der Waals surface area contributed by atoms with E-state index in [2.05, 4.69) is 18.9 Å². The Morgan fingerprint density at radius 2 is 1.68 bits per heavy atom. The molecular weight excluding hydrogens is 396 g/mol. The van der Waals surface area contributed by atoms with Crippen molar-refractivity contribution >= 4 is 11.9 Å². The Bertz CT molecular complexity index is 1060. The van der Waals surface area contributed by atoms with Gasteiger partial charge < -0.3 is 14.2 Å². The molecule has 7 heteroatoms. The highest BCUT2D eigenvalue weighted by Gasteiger charge is 2.31. The van der Waals surface area contributed by atoms with Gasteiger partial charge in [-0.1, -0.05) is 44.2 Å². The van der Waals surface area contributed by atoms with E-state index in [1.807, 2.05) is 30.3 Å². The molecule has 0 unspecified atom stereocenters. The molecule has 2 aromatic carbocycles. The summed E-state index contributed by atoms with van der Waals surface area (Å²) in [6, 6.07) is 16.3. The van der Waals surface area contributed by atoms with Crippen LogP contribution in [0.1, 0.15) is 41.1 Å². The molecule has 0 aliphatic carbocycles. The summed E-state index contributed by atoms with van der Waals surface area (Å²) in [6.07, 6.45) is 0.923. The number of nitrogens with zero attached hydrogens (tertiary/aromatic N) is 2. The molecule has 1 aromatic heterocycles. The van der Waals surface area contributed by atoms with Crippen LogP contribution in [0.25, 0.3) is 16.9 Å². The molecule has 0 amide bonds. The van der Waals surface area contributed by atoms with Crippen LogP contribution in [0.3, 0.4) is 0 Å². The van der Waals surface area contributed by atoms with Crippen molar-refractivity contribution in [2.24, 2.45) is 5.92 Å². The fraction of sp³-hybridized carbons (Fsp3) is 0.292. The minimum absolute atomic E-state index is 0.00155. The quantitative estimate of drug-likeness (QED) is 0.496. The van der Waals surface area contributed by atoms with Gasteiger partial charge in [0.25, 0.3) is 0 Å². The van der Waals surface area contributed by atoms with Crippen LogP contribution in [0.4, 0.5) is 0 Å². The normalized spacial score (nSPS) is 10.7. The van der Waals surface area contributed by atoms with E-state index in [0.29, 0.717) is 35.2 Å². The molecule has 0 atom stereocenters. The van der Waals surface area contributed by atoms with Crippen LogP contribution >= 0.6 is 0 Å². The fourth-order valence-electron chi connectivity index (χ4n) is 3.10. The van der Waals surface area contributed by atoms with Gasteiger partial charge in [-0.3, -0.25) is 0 Å². The van der Waals surface area contributed by atoms with Gasteiger partial charge in [0, 0.05) is 5.56 Å². The first kappa shape index (κ1) is 22.1. The topological polar surface area (TPSA) is 79.7 Å². The number of esters is 2. The molecule has 0 aliphatic heterocycles. The third-order valence-corrected chi connectivity index (χ3v) is 4.73. The van der Waals surface area contributed by atoms with Crippen LogP contribution in [-0.4, -0.2) is 42.5 Å². The molecule has 0 radical (unpaired) electrons. The molecular formula is C24H26N2O5. The van der Waals surface area contributed by atoms with Gasteiger partial charge in [0.15, 0.2) is 5.69 Å². The number of rotatable bonds is 8. The summed E-state index contributed by atoms with van der Waals surface area (Å²) in [5.41, 5.74) is 1.59. The minimum atomic E-state index is -0.688. The Morgan fingerprint density at radius 3 is 2.32 bits per heavy atom. The number of methoxy groups -OCH3 is 2. The first-order valence-corrected chi connectivity index (χ1v) is 10.0. The van der Waals surface area contributed by atoms with Gasteiger partial charge in [0.05, 0.1) is 26.5 Å². The third-order valence-electron chi connectivity index (χ3n) is 4.73. The Hall–Kier alpha value is -3.61. The summed E-state index contributed by atoms with van der Waals surface area (Å²) >= 11 is 0. The standard InChI is InChI=1S/C24H26N2O5/c1-16(2)13-14-31-19-12-8-9-17(15-19)21-20(23(27)29-3)22(24(28)30-4)26(25-21)18-10-6-5-7-11-18/h5-12,15-16H,13-14H2,1-4H3. The van der Waals surface area contributed by atoms with Crippen molar-refractivity contribution in [2.75, 3.05) is 20.8 Å². The number of ether oxygens (including phenoxy) is 3. The van der Waals surface area contributed by atoms with Gasteiger partial charge in [-0.25, -0.2) is 14.3 Å². The summed E-state index contributed by atoms with van der Waals surface area (Å²) in [5.74, 6) is -0.183. The highest BCUT2D eigenvalue weighted by Crippen LogP contribution is 2.31. The predicted octanol–water partition coefficient (Wildman–Crippen LogP) is 4.54. The van der Waals surface area contributed by atoms with E-state index in [1.54, 1.807) is 24.3 Å². The number of benzene rings is 2. The molecule has 0 aliphatic rings. The molecule has 3 aromatic rings. The maximum Gasteiger partial charge on any atom is 0.357 e. The minimum Gasteiger partial charge on any atom is -0.494 e. The molecule has 3 rings (SSSR count). The largest absolute Gasteiger partial charge is 0.494 e. The first-order chi connectivity index (χ1) is 15.0. The number of para-hydroxylation sites is 1. The molecule has 0 saturated heterocycles. The van der Waals surface area contributed by atoms with E-state index in [-0.39, 0.29) is 11.3 Å². The Balaban J connectivity index is 2.15. The molecule has 0 spiro atoms. The molecule has 7 nitrogen and oxygen atoms in total. The van der Waals surface area contributed by atoms with Gasteiger partial charge in [0.2, 0.25) is 0 Å². The zero-order valence-electron chi connectivity index (χ0n) is 18.1. The van der Waals surface area contributed by atoms with E-state index in [9.17, 15) is 9.59 Å². The van der Waals surface area contributed by atoms with Crippen molar-refractivity contribution in [3.05, 3.63) is 65.9 Å². The first-order valence-electron chi connectivity index (χ1n) is 10.0. The molecule has 1 heterocycles. The van der Waals surface area contributed by atoms with Crippen LogP contribution in [0.15, 0.2) is 54.6 Å². The number of hydrogen-bond acceptors (Lipinski definition) is 6. The van der Waals surface area contributed by atoms with Gasteiger partial charge in [-0.2, -0.15) is 5.10 Å². The molecule has 162 valence electrons. The lowest BCUT2D eigenvalue weighted by Crippen LogP contribution is -2.15. The Kier molecular flexibility index (Phi) is 7.07. The molecule has 0 fully saturated rings. The molecule has 0 bridgehead atoms. The summed E-state index contributed by atoms with van der Waals surface area (Å²) in [7, 11) is 2.52. The summed E-state index contributed by atoms with van der Waals surface area (Å²) in [5, 5.41) is 4.60. The van der Waals surface area contributed by atoms with Crippen molar-refractivity contribution < 1.29 is 23.8 Å². The highest BCUT2D eigenvalue weighted by atomic mass is 16.5. The van der Waals surface area contributed by atoms with E-state index >= 15 is 0 Å². The Labute approximate surface area is 181 Å². The second-order valence-electron chi connectivity index (χ2n) is 7.36. The van der Waals surface area contributed by atoms with Crippen molar-refractivity contribution in [3.63, 3.8) is 0 Å². The van der Waals surface area contributed by atoms with Crippen LogP contribution in [0.2, 0.25) is 0 Å². The number of hydrogen-bond donors (Lipinski definition) is 0. The van der Waals surface area contributed by atoms with Crippen LogP contribution in [0, 0.1) is 5.92 Å². The van der Waals surface area contributed by atoms with Gasteiger partial charge in [-0.15, -0.1) is 0 Å². The van der Waals surface area contributed by atoms with E-state index in [1.165, 1.54) is 18.9 Å². The van der Waals surface area contributed by atoms with E-state index in [4.69, 9.17) is 14.2 Å². The summed E-state index contributed by atoms with van der Waals surface area (Å²) < 4.78 is 17.2. The average molecular weight is 422 g/mol. The number of aromatic nitrogens is 2. The van der Waals surface area contributed by atoms with E-state index < -0.39 is 11.9 Å². The maximum atomic E-state index is 12.7. The fourth-order valence-corrected chi connectivity index (χ4v) is 3.10. The lowest BCUT2D eigenvalue weighted by molar-refractivity contribution is 0.0549. The zero-order valence-corrected chi connectivity index (χ0v) is 18.1. The zero-order chi connectivity index (χ0) is 22.4. The second-order valence-corrected chi connectivity index (χ2v) is 7.36. The highest BCUT2D eigenvalue weighted by molar-refractivity contribution is 6.06. The second kappa shape index (κ2) is 9.93. The monoisotopic (exact) mass is 422 g/mol. The predicted molar refractivity (Wildman–Crippen MR) is 117 cm³/mol. The Morgan fingerprint density at radius 1 is 0.968 bits per heavy atom. The third kappa shape index (κ3) is 4.94. The van der Waals surface area contributed by atoms with Crippen molar-refractivity contribution in [2.45, 2.75) is 20.3 Å². The summed E-state index contributed by atoms with van der Waals surface area (Å²) in [6.45, 7) is 4.84. The lowest BCUT2D eigenvalue weighted by atomic mass is 10.1. The average Bonchev–Trinajstić information content (AvgIpc) is 3.19. The maximum absolute atomic E-state index is 12.7. The van der Waals surface area contributed by atoms with Crippen LogP contribution in [-0.2, 0) is 9.47 Å². The van der Waals surface area contributed by atoms with Crippen molar-refractivity contribution in [1.82, 2.24) is 9.78 Å². The molecule has 31 heavy (non-hydrogen) atoms. The smallest absolute Gasteiger partial charge is 0.357 e. The van der Waals surface area contributed by atoms with Crippen LogP contribution < -0.4 is 4.74 Å². The molecule has 0 saturated carbocycles. The van der Waals surface area contributed by atoms with Gasteiger partial charge >= 0.3 is 11.9 Å². The summed E-state index contributed by atoms with van der Waals surface area (Å²) in [4.78, 5) is 25.4. The van der Waals surface area contributed by atoms with Gasteiger partial charge in [0.1, 0.15) is 17.0 Å². The van der Waals surface area contributed by atoms with Crippen LogP contribution in [0.5, 0.6) is 5.75 Å². The van der Waals surface area contributed by atoms with Crippen molar-refractivity contribution in [1.29, 1.82) is 0 Å². The SMILES string of the molecule is COC(=O)c1c(-c2cccc(OCCC(C)C)c2)nn(-c2ccccc2)c1C(=O)OC. The number of carbonyl (C=O) groups excluding carboxylic acids is 2. The lowest BCUT2D eigenvalue weighted by Gasteiger charge is -2.09. The van der Waals surface area contributed by atoms with Crippen molar-refractivity contribution in [3.8, 4) is 22.7 Å². The van der Waals surface area contributed by atoms with Gasteiger partial charge in [-0.05, 0) is 36.6 Å². The van der Waals surface area contributed by atoms with E-state index in [0.717, 1.165) is 6.42 Å².